The summed E-state index contributed by atoms with van der Waals surface area (Å²) in [5, 5.41) is 14.5. The lowest BCUT2D eigenvalue weighted by molar-refractivity contribution is -0.117. The zero-order chi connectivity index (χ0) is 21.8. The summed E-state index contributed by atoms with van der Waals surface area (Å²) in [4.78, 5) is 20.7. The number of alkyl halides is 1. The van der Waals surface area contributed by atoms with Crippen LogP contribution >= 0.6 is 11.8 Å². The molecular weight excluding hydrogens is 401 g/mol. The van der Waals surface area contributed by atoms with Gasteiger partial charge in [0.2, 0.25) is 5.91 Å². The van der Waals surface area contributed by atoms with E-state index in [1.54, 1.807) is 30.2 Å². The normalized spacial score (nSPS) is 20.2. The number of rotatable bonds is 8. The Bertz CT molecular complexity index is 1030. The highest BCUT2D eigenvalue weighted by atomic mass is 32.2. The average molecular weight is 428 g/mol. The van der Waals surface area contributed by atoms with E-state index < -0.39 is 18.2 Å². The molecule has 1 amide bonds. The quantitative estimate of drug-likeness (QED) is 0.604. The number of thioether (sulfide) groups is 1. The number of carbonyl (C=O) groups excluding carboxylic acids is 1. The van der Waals surface area contributed by atoms with Crippen LogP contribution in [0.4, 0.5) is 10.2 Å². The van der Waals surface area contributed by atoms with Crippen LogP contribution in [0.1, 0.15) is 26.0 Å². The van der Waals surface area contributed by atoms with E-state index >= 15 is 0 Å². The number of nitrogens with one attached hydrogen (secondary N) is 1. The molecule has 3 rings (SSSR count). The number of pyridine rings is 2. The number of aromatic nitrogens is 2. The molecule has 2 N–H and O–H groups in total. The van der Waals surface area contributed by atoms with Crippen molar-refractivity contribution in [2.75, 3.05) is 17.3 Å². The van der Waals surface area contributed by atoms with E-state index in [0.29, 0.717) is 17.1 Å². The Hall–Kier alpha value is -2.51. The van der Waals surface area contributed by atoms with Crippen molar-refractivity contribution < 1.29 is 14.3 Å². The number of fused-ring (bicyclic) bond motifs is 1. The zero-order valence-corrected chi connectivity index (χ0v) is 18.2. The molecule has 0 aliphatic heterocycles. The maximum Gasteiger partial charge on any atom is 0.231 e. The Morgan fingerprint density at radius 2 is 2.07 bits per heavy atom. The van der Waals surface area contributed by atoms with E-state index in [2.05, 4.69) is 21.9 Å². The smallest absolute Gasteiger partial charge is 0.231 e. The Morgan fingerprint density at radius 3 is 2.70 bits per heavy atom. The summed E-state index contributed by atoms with van der Waals surface area (Å²) in [6.45, 7) is 7.87. The predicted molar refractivity (Wildman–Crippen MR) is 122 cm³/mol. The number of aliphatic hydroxyl groups excluding tert-OH is 1. The molecule has 0 radical (unpaired) electrons. The number of nitrogens with zero attached hydrogens (tertiary/aromatic N) is 2. The molecule has 1 saturated carbocycles. The minimum atomic E-state index is -1.04. The van der Waals surface area contributed by atoms with E-state index in [9.17, 15) is 14.3 Å². The van der Waals surface area contributed by atoms with E-state index in [-0.39, 0.29) is 12.3 Å². The van der Waals surface area contributed by atoms with Gasteiger partial charge >= 0.3 is 0 Å². The number of halogens is 1. The molecule has 1 aliphatic carbocycles. The fraction of sp³-hybridized carbons (Fsp3) is 0.348. The van der Waals surface area contributed by atoms with Crippen molar-refractivity contribution in [3.05, 3.63) is 60.1 Å². The molecule has 1 fully saturated rings. The van der Waals surface area contributed by atoms with Gasteiger partial charge in [0.25, 0.3) is 0 Å². The second-order valence-electron chi connectivity index (χ2n) is 7.41. The summed E-state index contributed by atoms with van der Waals surface area (Å²) >= 11 is 1.57. The van der Waals surface area contributed by atoms with Gasteiger partial charge in [-0.3, -0.25) is 9.78 Å². The van der Waals surface area contributed by atoms with Crippen LogP contribution in [0.15, 0.2) is 54.4 Å². The molecule has 2 heterocycles. The van der Waals surface area contributed by atoms with Crippen molar-refractivity contribution in [1.82, 2.24) is 9.97 Å². The van der Waals surface area contributed by atoms with Crippen LogP contribution < -0.4 is 5.32 Å². The van der Waals surface area contributed by atoms with Crippen LogP contribution in [0.3, 0.4) is 0 Å². The average Bonchev–Trinajstić information content (AvgIpc) is 3.45. The van der Waals surface area contributed by atoms with Gasteiger partial charge in [0, 0.05) is 28.9 Å². The van der Waals surface area contributed by atoms with Crippen molar-refractivity contribution in [2.24, 2.45) is 5.92 Å². The first-order valence-electron chi connectivity index (χ1n) is 9.76. The standard InChI is InChI=1S/C23H26FN3O2S/c1-5-17(13(2)6-14(3)21(28)12-30-4)20-7-15-11-26-22(8-16(15)10-25-20)27-23(29)18-9-19(18)24/h5-8,10-11,18-19,21,28H,3,9,12H2,1-2,4H3,(H,26,27,29)/b13-6-,17-5+. The van der Waals surface area contributed by atoms with Gasteiger partial charge in [0.15, 0.2) is 0 Å². The molecule has 3 unspecified atom stereocenters. The van der Waals surface area contributed by atoms with Crippen LogP contribution in [0.2, 0.25) is 0 Å². The summed E-state index contributed by atoms with van der Waals surface area (Å²) in [5.74, 6) is 0.0979. The molecule has 0 aromatic carbocycles. The number of hydrogen-bond donors (Lipinski definition) is 2. The molecule has 7 heteroatoms. The van der Waals surface area contributed by atoms with Gasteiger partial charge in [-0.25, -0.2) is 9.37 Å². The largest absolute Gasteiger partial charge is 0.388 e. The highest BCUT2D eigenvalue weighted by Crippen LogP contribution is 2.34. The molecular formula is C23H26FN3O2S. The monoisotopic (exact) mass is 427 g/mol. The molecule has 0 spiro atoms. The van der Waals surface area contributed by atoms with Crippen LogP contribution in [-0.4, -0.2) is 45.3 Å². The summed E-state index contributed by atoms with van der Waals surface area (Å²) in [6, 6.07) is 3.67. The van der Waals surface area contributed by atoms with Gasteiger partial charge < -0.3 is 10.4 Å². The first-order chi connectivity index (χ1) is 14.3. The van der Waals surface area contributed by atoms with Gasteiger partial charge in [-0.1, -0.05) is 18.7 Å². The van der Waals surface area contributed by atoms with Gasteiger partial charge in [-0.15, -0.1) is 0 Å². The molecule has 158 valence electrons. The molecule has 5 nitrogen and oxygen atoms in total. The highest BCUT2D eigenvalue weighted by Gasteiger charge is 2.43. The maximum atomic E-state index is 13.0. The van der Waals surface area contributed by atoms with Crippen LogP contribution in [-0.2, 0) is 4.79 Å². The lowest BCUT2D eigenvalue weighted by Gasteiger charge is -2.13. The topological polar surface area (TPSA) is 75.1 Å². The molecule has 1 aliphatic rings. The van der Waals surface area contributed by atoms with Crippen molar-refractivity contribution in [3.8, 4) is 0 Å². The van der Waals surface area contributed by atoms with Crippen LogP contribution in [0.25, 0.3) is 16.3 Å². The Labute approximate surface area is 180 Å². The Balaban J connectivity index is 1.80. The second kappa shape index (κ2) is 9.53. The summed E-state index contributed by atoms with van der Waals surface area (Å²) in [5.41, 5.74) is 3.34. The molecule has 30 heavy (non-hydrogen) atoms. The third-order valence-electron chi connectivity index (χ3n) is 5.05. The Morgan fingerprint density at radius 1 is 1.40 bits per heavy atom. The number of allylic oxidation sites excluding steroid dienone is 3. The summed E-state index contributed by atoms with van der Waals surface area (Å²) in [6.07, 6.45) is 7.85. The highest BCUT2D eigenvalue weighted by molar-refractivity contribution is 7.98. The predicted octanol–water partition coefficient (Wildman–Crippen LogP) is 4.56. The second-order valence-corrected chi connectivity index (χ2v) is 8.32. The molecule has 2 aromatic heterocycles. The molecule has 0 bridgehead atoms. The van der Waals surface area contributed by atoms with E-state index in [1.807, 2.05) is 38.3 Å². The minimum absolute atomic E-state index is 0.282. The van der Waals surface area contributed by atoms with Crippen molar-refractivity contribution in [3.63, 3.8) is 0 Å². The molecule has 0 saturated heterocycles. The van der Waals surface area contributed by atoms with Crippen LogP contribution in [0, 0.1) is 5.92 Å². The van der Waals surface area contributed by atoms with Gasteiger partial charge in [0.05, 0.1) is 17.7 Å². The number of carbonyl (C=O) groups is 1. The van der Waals surface area contributed by atoms with Crippen molar-refractivity contribution >= 4 is 39.8 Å². The zero-order valence-electron chi connectivity index (χ0n) is 17.4. The van der Waals surface area contributed by atoms with Crippen LogP contribution in [0.5, 0.6) is 0 Å². The lowest BCUT2D eigenvalue weighted by atomic mass is 9.99. The lowest BCUT2D eigenvalue weighted by Crippen LogP contribution is -2.15. The van der Waals surface area contributed by atoms with Crippen molar-refractivity contribution in [2.45, 2.75) is 32.5 Å². The third-order valence-corrected chi connectivity index (χ3v) is 5.70. The first-order valence-corrected chi connectivity index (χ1v) is 11.1. The van der Waals surface area contributed by atoms with E-state index in [1.165, 1.54) is 0 Å². The summed E-state index contributed by atoms with van der Waals surface area (Å²) in [7, 11) is 0. The van der Waals surface area contributed by atoms with Gasteiger partial charge in [-0.05, 0) is 55.4 Å². The molecule has 3 atom stereocenters. The first kappa shape index (κ1) is 22.2. The van der Waals surface area contributed by atoms with E-state index in [4.69, 9.17) is 0 Å². The molecule has 2 aromatic rings. The minimum Gasteiger partial charge on any atom is -0.388 e. The fourth-order valence-electron chi connectivity index (χ4n) is 3.20. The van der Waals surface area contributed by atoms with Crippen molar-refractivity contribution in [1.29, 1.82) is 0 Å². The number of amides is 1. The van der Waals surface area contributed by atoms with Gasteiger partial charge in [-0.2, -0.15) is 11.8 Å². The fourth-order valence-corrected chi connectivity index (χ4v) is 3.73. The third kappa shape index (κ3) is 5.15. The maximum absolute atomic E-state index is 13.0. The Kier molecular flexibility index (Phi) is 7.05. The number of hydrogen-bond acceptors (Lipinski definition) is 5. The SMILES string of the molecule is C=C(/C=C(C)\C(=C/C)c1cc2cnc(NC(=O)C3CC3F)cc2cn1)C(O)CSC. The van der Waals surface area contributed by atoms with E-state index in [0.717, 1.165) is 27.6 Å². The summed E-state index contributed by atoms with van der Waals surface area (Å²) < 4.78 is 13.0. The van der Waals surface area contributed by atoms with Gasteiger partial charge in [0.1, 0.15) is 12.0 Å². The number of anilines is 1. The number of aliphatic hydroxyl groups is 1.